The predicted molar refractivity (Wildman–Crippen MR) is 127 cm³/mol. The Balaban J connectivity index is 1.62. The predicted octanol–water partition coefficient (Wildman–Crippen LogP) is 4.06. The lowest BCUT2D eigenvalue weighted by atomic mass is 9.44. The topological polar surface area (TPSA) is 93.6 Å². The highest BCUT2D eigenvalue weighted by molar-refractivity contribution is 7.96. The molecule has 3 saturated carbocycles. The third-order valence-corrected chi connectivity index (χ3v) is 10.3. The third-order valence-electron chi connectivity index (χ3n) is 9.38. The summed E-state index contributed by atoms with van der Waals surface area (Å²) < 4.78 is 38.7. The van der Waals surface area contributed by atoms with Crippen LogP contribution in [0, 0.1) is 28.6 Å². The van der Waals surface area contributed by atoms with E-state index in [2.05, 4.69) is 17.6 Å². The molecule has 35 heavy (non-hydrogen) atoms. The molecule has 1 aromatic heterocycles. The number of aromatic nitrogens is 1. The Hall–Kier alpha value is -1.91. The molecule has 10 heteroatoms. The van der Waals surface area contributed by atoms with Crippen molar-refractivity contribution in [2.45, 2.75) is 63.6 Å². The van der Waals surface area contributed by atoms with Crippen molar-refractivity contribution in [1.29, 1.82) is 0 Å². The summed E-state index contributed by atoms with van der Waals surface area (Å²) in [6.07, 6.45) is 0.349. The number of halogens is 2. The minimum absolute atomic E-state index is 0.0314. The number of rotatable bonds is 3. The lowest BCUT2D eigenvalue weighted by Crippen LogP contribution is -2.70. The molecule has 1 N–H and O–H groups in total. The van der Waals surface area contributed by atoms with E-state index in [1.165, 1.54) is 41.3 Å². The molecule has 0 aromatic carbocycles. The Labute approximate surface area is 211 Å². The second-order valence-corrected chi connectivity index (χ2v) is 11.9. The molecule has 6 nitrogen and oxygen atoms in total. The standard InChI is InChI=1S/C25H27F2NO5S2/c1-12-6-14-15-8-17(26)16-7-13(29)4-5-22(16,2)24(15,27)19(30)9-23(14,3)25(12,21(32)34)33-20(31)18-10-35-11-28-18/h4-5,7,10-12,14-15,17,19,30H,6,8-9H2,1-3H3,(H,32,34)/t12-,14+,15+,17+,19+,22+,23+,24+,25+/m1/s1. The normalized spacial score (nSPS) is 46.3. The molecule has 0 amide bonds. The molecule has 1 heterocycles. The van der Waals surface area contributed by atoms with Crippen molar-refractivity contribution in [3.8, 4) is 0 Å². The van der Waals surface area contributed by atoms with Gasteiger partial charge in [-0.1, -0.05) is 19.9 Å². The van der Waals surface area contributed by atoms with Crippen LogP contribution in [0.2, 0.25) is 0 Å². The van der Waals surface area contributed by atoms with Gasteiger partial charge in [-0.15, -0.1) is 24.0 Å². The fourth-order valence-electron chi connectivity index (χ4n) is 7.75. The van der Waals surface area contributed by atoms with Gasteiger partial charge in [0.05, 0.1) is 11.6 Å². The molecule has 9 atom stereocenters. The van der Waals surface area contributed by atoms with Gasteiger partial charge in [-0.05, 0) is 49.8 Å². The summed E-state index contributed by atoms with van der Waals surface area (Å²) >= 11 is 5.33. The van der Waals surface area contributed by atoms with E-state index >= 15 is 8.78 Å². The highest BCUT2D eigenvalue weighted by Crippen LogP contribution is 2.71. The number of thiazole rings is 1. The maximum absolute atomic E-state index is 17.3. The largest absolute Gasteiger partial charge is 0.444 e. The molecule has 4 aliphatic rings. The fourth-order valence-corrected chi connectivity index (χ4v) is 8.80. The van der Waals surface area contributed by atoms with E-state index in [1.807, 2.05) is 0 Å². The number of carbonyl (C=O) groups excluding carboxylic acids is 3. The van der Waals surface area contributed by atoms with Crippen molar-refractivity contribution in [1.82, 2.24) is 4.98 Å². The Morgan fingerprint density at radius 1 is 1.29 bits per heavy atom. The van der Waals surface area contributed by atoms with Gasteiger partial charge < -0.3 is 9.84 Å². The number of carbonyl (C=O) groups is 3. The van der Waals surface area contributed by atoms with Crippen LogP contribution < -0.4 is 0 Å². The van der Waals surface area contributed by atoms with Crippen molar-refractivity contribution in [3.05, 3.63) is 40.4 Å². The van der Waals surface area contributed by atoms with Crippen LogP contribution in [0.5, 0.6) is 0 Å². The molecule has 0 spiro atoms. The molecule has 4 aliphatic carbocycles. The SMILES string of the molecule is C[C@@H]1C[C@H]2[C@@H]3C[C@H](F)C4=CC(=O)C=C[C@]4(C)[C@@]3(F)[C@@H](O)C[C@]2(C)[C@@]1(OC(=O)c1cscn1)C(=O)S. The Kier molecular flexibility index (Phi) is 5.51. The van der Waals surface area contributed by atoms with Gasteiger partial charge in [-0.3, -0.25) is 9.59 Å². The second kappa shape index (κ2) is 7.79. The highest BCUT2D eigenvalue weighted by Gasteiger charge is 2.78. The first-order valence-electron chi connectivity index (χ1n) is 11.6. The van der Waals surface area contributed by atoms with Crippen molar-refractivity contribution in [2.24, 2.45) is 28.6 Å². The van der Waals surface area contributed by atoms with Crippen LogP contribution in [-0.2, 0) is 14.3 Å². The number of allylic oxidation sites excluding steroid dienone is 4. The van der Waals surface area contributed by atoms with E-state index in [1.54, 1.807) is 13.8 Å². The van der Waals surface area contributed by atoms with E-state index in [9.17, 15) is 19.5 Å². The van der Waals surface area contributed by atoms with Crippen molar-refractivity contribution in [3.63, 3.8) is 0 Å². The Morgan fingerprint density at radius 3 is 2.63 bits per heavy atom. The number of esters is 1. The van der Waals surface area contributed by atoms with E-state index in [-0.39, 0.29) is 30.5 Å². The number of fused-ring (bicyclic) bond motifs is 5. The zero-order valence-electron chi connectivity index (χ0n) is 19.5. The highest BCUT2D eigenvalue weighted by atomic mass is 32.1. The van der Waals surface area contributed by atoms with Crippen LogP contribution in [0.3, 0.4) is 0 Å². The van der Waals surface area contributed by atoms with E-state index < -0.39 is 69.0 Å². The van der Waals surface area contributed by atoms with Crippen LogP contribution in [0.1, 0.15) is 50.5 Å². The van der Waals surface area contributed by atoms with Gasteiger partial charge in [-0.25, -0.2) is 18.6 Å². The maximum atomic E-state index is 17.3. The number of ketones is 1. The molecule has 0 aliphatic heterocycles. The smallest absolute Gasteiger partial charge is 0.358 e. The zero-order valence-corrected chi connectivity index (χ0v) is 21.2. The lowest BCUT2D eigenvalue weighted by Gasteiger charge is -2.63. The number of hydrogen-bond donors (Lipinski definition) is 2. The van der Waals surface area contributed by atoms with Crippen LogP contribution in [-0.4, -0.2) is 50.5 Å². The molecule has 0 unspecified atom stereocenters. The van der Waals surface area contributed by atoms with E-state index in [4.69, 9.17) is 4.74 Å². The zero-order chi connectivity index (χ0) is 25.6. The quantitative estimate of drug-likeness (QED) is 0.459. The summed E-state index contributed by atoms with van der Waals surface area (Å²) in [6, 6.07) is 0. The number of alkyl halides is 2. The summed E-state index contributed by atoms with van der Waals surface area (Å²) in [5.41, 5.74) is -5.23. The minimum Gasteiger partial charge on any atom is -0.444 e. The van der Waals surface area contributed by atoms with Crippen LogP contribution in [0.25, 0.3) is 0 Å². The van der Waals surface area contributed by atoms with Gasteiger partial charge in [-0.2, -0.15) is 0 Å². The minimum atomic E-state index is -2.28. The average Bonchev–Trinajstić information content (AvgIpc) is 3.39. The van der Waals surface area contributed by atoms with Crippen molar-refractivity contribution >= 4 is 40.8 Å². The number of thiol groups is 1. The van der Waals surface area contributed by atoms with Gasteiger partial charge >= 0.3 is 5.97 Å². The van der Waals surface area contributed by atoms with Crippen LogP contribution in [0.4, 0.5) is 8.78 Å². The summed E-state index contributed by atoms with van der Waals surface area (Å²) in [5.74, 6) is -3.35. The van der Waals surface area contributed by atoms with E-state index in [0.29, 0.717) is 0 Å². The fraction of sp³-hybridized carbons (Fsp3) is 0.600. The number of nitrogens with zero attached hydrogens (tertiary/aromatic N) is 1. The second-order valence-electron chi connectivity index (χ2n) is 10.8. The average molecular weight is 524 g/mol. The third kappa shape index (κ3) is 2.96. The number of aliphatic hydroxyl groups excluding tert-OH is 1. The molecule has 0 bridgehead atoms. The summed E-state index contributed by atoms with van der Waals surface area (Å²) in [6.45, 7) is 4.96. The van der Waals surface area contributed by atoms with Gasteiger partial charge in [0.15, 0.2) is 22.7 Å². The number of ether oxygens (including phenoxy) is 1. The Bertz CT molecular complexity index is 1170. The van der Waals surface area contributed by atoms with Gasteiger partial charge in [0.25, 0.3) is 0 Å². The molecule has 0 radical (unpaired) electrons. The monoisotopic (exact) mass is 523 g/mol. The maximum Gasteiger partial charge on any atom is 0.358 e. The molecule has 3 fully saturated rings. The number of aliphatic hydroxyl groups is 1. The molecule has 5 rings (SSSR count). The summed E-state index contributed by atoms with van der Waals surface area (Å²) in [7, 11) is 0. The first kappa shape index (κ1) is 24.8. The first-order valence-corrected chi connectivity index (χ1v) is 13.0. The van der Waals surface area contributed by atoms with Gasteiger partial charge in [0, 0.05) is 28.0 Å². The molecular formula is C25H27F2NO5S2. The van der Waals surface area contributed by atoms with Gasteiger partial charge in [0.2, 0.25) is 5.12 Å². The van der Waals surface area contributed by atoms with Crippen molar-refractivity contribution < 1.29 is 33.0 Å². The molecule has 0 saturated heterocycles. The summed E-state index contributed by atoms with van der Waals surface area (Å²) in [5, 5.41) is 12.2. The summed E-state index contributed by atoms with van der Waals surface area (Å²) in [4.78, 5) is 42.1. The lowest BCUT2D eigenvalue weighted by molar-refractivity contribution is -0.221. The molecular weight excluding hydrogens is 496 g/mol. The van der Waals surface area contributed by atoms with Crippen molar-refractivity contribution in [2.75, 3.05) is 0 Å². The van der Waals surface area contributed by atoms with Crippen LogP contribution in [0.15, 0.2) is 34.7 Å². The first-order chi connectivity index (χ1) is 16.3. The van der Waals surface area contributed by atoms with E-state index in [0.717, 1.165) is 6.08 Å². The van der Waals surface area contributed by atoms with Crippen LogP contribution >= 0.6 is 24.0 Å². The molecule has 188 valence electrons. The molecule has 1 aromatic rings. The Morgan fingerprint density at radius 2 is 2.00 bits per heavy atom. The number of hydrogen-bond acceptors (Lipinski definition) is 7. The van der Waals surface area contributed by atoms with Gasteiger partial charge in [0.1, 0.15) is 6.17 Å².